The Kier molecular flexibility index (Phi) is 34.7. The molecule has 0 spiro atoms. The number of ketones is 3. The molecule has 450 valence electrons. The summed E-state index contributed by atoms with van der Waals surface area (Å²) in [7, 11) is 0. The summed E-state index contributed by atoms with van der Waals surface area (Å²) in [6.45, 7) is -0.617. The lowest BCUT2D eigenvalue weighted by Gasteiger charge is -2.33. The minimum Gasteiger partial charge on any atom is -0.463 e. The number of carbonyl (C=O) groups excluding carboxylic acids is 10. The molecular formula is C59H71Cl6NO16. The van der Waals surface area contributed by atoms with E-state index in [1.54, 1.807) is 0 Å². The van der Waals surface area contributed by atoms with Gasteiger partial charge in [0, 0.05) is 23.1 Å². The number of hydrogen-bond acceptors (Lipinski definition) is 16. The van der Waals surface area contributed by atoms with Crippen molar-refractivity contribution in [1.29, 1.82) is 0 Å². The minimum atomic E-state index is -1.93. The molecule has 0 aliphatic carbocycles. The van der Waals surface area contributed by atoms with Crippen LogP contribution >= 0.6 is 69.6 Å². The van der Waals surface area contributed by atoms with Crippen molar-refractivity contribution in [3.05, 3.63) is 106 Å². The van der Waals surface area contributed by atoms with E-state index in [4.69, 9.17) is 98.0 Å². The Labute approximate surface area is 508 Å². The highest BCUT2D eigenvalue weighted by Crippen LogP contribution is 2.20. The average molecular weight is 1260 g/mol. The summed E-state index contributed by atoms with van der Waals surface area (Å²) < 4.78 is 32.5. The van der Waals surface area contributed by atoms with Crippen molar-refractivity contribution in [2.45, 2.75) is 175 Å². The van der Waals surface area contributed by atoms with Crippen LogP contribution in [-0.4, -0.2) is 98.9 Å². The zero-order chi connectivity index (χ0) is 60.3. The highest BCUT2D eigenvalue weighted by Gasteiger charge is 2.38. The molecular weight excluding hydrogens is 1190 g/mol. The Balaban J connectivity index is 1.71. The summed E-state index contributed by atoms with van der Waals surface area (Å²) in [6, 6.07) is 18.0. The summed E-state index contributed by atoms with van der Waals surface area (Å²) in [4.78, 5) is 124. The average Bonchev–Trinajstić information content (AvgIpc) is 3.49. The number of esters is 6. The predicted octanol–water partition coefficient (Wildman–Crippen LogP) is 12.5. The molecule has 0 radical (unpaired) electrons. The second-order valence-corrected chi connectivity index (χ2v) is 22.7. The molecule has 0 unspecified atom stereocenters. The number of hydrogen-bond donors (Lipinski definition) is 1. The van der Waals surface area contributed by atoms with E-state index in [0.717, 1.165) is 32.1 Å². The van der Waals surface area contributed by atoms with Gasteiger partial charge in [-0.05, 0) is 23.1 Å². The number of nitrogens with one attached hydrogen (secondary N) is 1. The molecule has 82 heavy (non-hydrogen) atoms. The van der Waals surface area contributed by atoms with Crippen LogP contribution in [0.25, 0.3) is 0 Å². The predicted molar refractivity (Wildman–Crippen MR) is 310 cm³/mol. The first kappa shape index (κ1) is 71.0. The van der Waals surface area contributed by atoms with Gasteiger partial charge in [0.2, 0.25) is 5.91 Å². The van der Waals surface area contributed by atoms with Crippen LogP contribution in [0.4, 0.5) is 0 Å². The maximum Gasteiger partial charge on any atom is 0.306 e. The third-order valence-corrected chi connectivity index (χ3v) is 13.7. The van der Waals surface area contributed by atoms with E-state index in [1.165, 1.54) is 118 Å². The maximum atomic E-state index is 13.7. The summed E-state index contributed by atoms with van der Waals surface area (Å²) in [6.07, 6.45) is 11.1. The molecule has 0 atom stereocenters. The molecule has 0 saturated heterocycles. The molecule has 1 amide bonds. The van der Waals surface area contributed by atoms with Gasteiger partial charge in [-0.15, -0.1) is 0 Å². The largest absolute Gasteiger partial charge is 0.463 e. The minimum absolute atomic E-state index is 0.00418. The van der Waals surface area contributed by atoms with Crippen LogP contribution in [0, 0.1) is 0 Å². The molecule has 0 aromatic heterocycles. The van der Waals surface area contributed by atoms with Crippen LogP contribution in [0.5, 0.6) is 0 Å². The number of rotatable bonds is 42. The molecule has 23 heteroatoms. The van der Waals surface area contributed by atoms with E-state index in [1.807, 2.05) is 0 Å². The first-order valence-electron chi connectivity index (χ1n) is 27.2. The fraction of sp³-hybridized carbons (Fsp3) is 0.525. The Morgan fingerprint density at radius 1 is 0.354 bits per heavy atom. The summed E-state index contributed by atoms with van der Waals surface area (Å²) in [5, 5.41) is 2.75. The lowest BCUT2D eigenvalue weighted by molar-refractivity contribution is -0.162. The molecule has 0 saturated carbocycles. The van der Waals surface area contributed by atoms with Crippen molar-refractivity contribution < 1.29 is 76.4 Å². The van der Waals surface area contributed by atoms with E-state index in [-0.39, 0.29) is 42.9 Å². The first-order valence-corrected chi connectivity index (χ1v) is 29.8. The van der Waals surface area contributed by atoms with Crippen LogP contribution < -0.4 is 5.32 Å². The fourth-order valence-electron chi connectivity index (χ4n) is 7.76. The molecule has 0 fully saturated rings. The molecule has 0 bridgehead atoms. The van der Waals surface area contributed by atoms with E-state index in [0.29, 0.717) is 23.1 Å². The number of halogens is 6. The second kappa shape index (κ2) is 40.0. The Bertz CT molecular complexity index is 2280. The van der Waals surface area contributed by atoms with Crippen LogP contribution in [0.2, 0.25) is 0 Å². The monoisotopic (exact) mass is 1260 g/mol. The van der Waals surface area contributed by atoms with Gasteiger partial charge in [0.15, 0.2) is 31.9 Å². The number of benzene rings is 3. The zero-order valence-electron chi connectivity index (χ0n) is 45.8. The fourth-order valence-corrected chi connectivity index (χ4v) is 8.52. The number of carbonyl (C=O) groups is 10. The number of ether oxygens (including phenoxy) is 6. The van der Waals surface area contributed by atoms with Gasteiger partial charge in [0.05, 0.1) is 38.5 Å². The van der Waals surface area contributed by atoms with Gasteiger partial charge >= 0.3 is 35.8 Å². The van der Waals surface area contributed by atoms with E-state index >= 15 is 0 Å². The third-order valence-electron chi connectivity index (χ3n) is 12.5. The van der Waals surface area contributed by atoms with Crippen molar-refractivity contribution in [1.82, 2.24) is 5.32 Å². The van der Waals surface area contributed by atoms with Crippen molar-refractivity contribution in [2.24, 2.45) is 0 Å². The van der Waals surface area contributed by atoms with E-state index in [9.17, 15) is 47.9 Å². The Hall–Kier alpha value is -5.30. The van der Waals surface area contributed by atoms with Crippen LogP contribution in [0.1, 0.15) is 183 Å². The Morgan fingerprint density at radius 3 is 0.854 bits per heavy atom. The van der Waals surface area contributed by atoms with Gasteiger partial charge in [-0.2, -0.15) is 0 Å². The molecule has 3 rings (SSSR count). The summed E-state index contributed by atoms with van der Waals surface area (Å²) >= 11 is 34.0. The molecule has 0 aliphatic heterocycles. The highest BCUT2D eigenvalue weighted by atomic mass is 35.5. The Morgan fingerprint density at radius 2 is 0.598 bits per heavy atom. The van der Waals surface area contributed by atoms with Gasteiger partial charge in [-0.1, -0.05) is 226 Å². The van der Waals surface area contributed by atoms with Crippen molar-refractivity contribution >= 4 is 129 Å². The normalized spacial score (nSPS) is 11.2. The lowest BCUT2D eigenvalue weighted by atomic mass is 10.0. The van der Waals surface area contributed by atoms with Gasteiger partial charge < -0.3 is 33.7 Å². The molecule has 0 aliphatic rings. The van der Waals surface area contributed by atoms with Gasteiger partial charge in [0.1, 0.15) is 45.2 Å². The van der Waals surface area contributed by atoms with Crippen molar-refractivity contribution in [3.8, 4) is 0 Å². The SMILES string of the molecule is CCCCCCCCCCCCCCCC(=O)NC(COC(=O)CCC(=O)OCc1ccc(C(=O)C(Cl)Cl)cc1)(COC(=O)CCC(=O)OCc1ccc(C(=O)C(Cl)Cl)cc1)COC(=O)CCC(=O)OCc1ccc(C(=O)C(Cl)Cl)cc1. The van der Waals surface area contributed by atoms with E-state index < -0.39 is 137 Å². The topological polar surface area (TPSA) is 238 Å². The van der Waals surface area contributed by atoms with Crippen LogP contribution in [-0.2, 0) is 81.8 Å². The summed E-state index contributed by atoms with van der Waals surface area (Å²) in [5.41, 5.74) is 0.390. The number of unbranched alkanes of at least 4 members (excludes halogenated alkanes) is 12. The van der Waals surface area contributed by atoms with Gasteiger partial charge in [-0.3, -0.25) is 47.9 Å². The summed E-state index contributed by atoms with van der Waals surface area (Å²) in [5.74, 6) is -7.24. The standard InChI is InChI=1S/C59H71Cl6NO16/c1-2-3-4-5-6-7-8-9-10-11-12-13-14-15-46(67)66-59(37-80-50(71)31-28-47(68)77-34-40-16-22-43(23-17-40)53(74)56(60)61,38-81-51(72)32-29-48(69)78-35-41-18-24-44(25-19-41)54(75)57(62)63)39-82-52(73)33-30-49(70)79-36-42-20-26-45(27-21-42)55(76)58(64)65/h16-27,56-58H,2-15,28-39H2,1H3,(H,66,67). The smallest absolute Gasteiger partial charge is 0.306 e. The maximum absolute atomic E-state index is 13.7. The van der Waals surface area contributed by atoms with Crippen molar-refractivity contribution in [3.63, 3.8) is 0 Å². The number of Topliss-reactive ketones (excluding diaryl/α,β-unsaturated/α-hetero) is 3. The lowest BCUT2D eigenvalue weighted by Crippen LogP contribution is -2.59. The molecule has 17 nitrogen and oxygen atoms in total. The highest BCUT2D eigenvalue weighted by molar-refractivity contribution is 6.56. The van der Waals surface area contributed by atoms with Gasteiger partial charge in [0.25, 0.3) is 0 Å². The third kappa shape index (κ3) is 29.8. The number of alkyl halides is 6. The van der Waals surface area contributed by atoms with E-state index in [2.05, 4.69) is 12.2 Å². The van der Waals surface area contributed by atoms with Crippen LogP contribution in [0.3, 0.4) is 0 Å². The molecule has 1 N–H and O–H groups in total. The second-order valence-electron chi connectivity index (χ2n) is 19.4. The number of amides is 1. The quantitative estimate of drug-likeness (QED) is 0.0182. The first-order chi connectivity index (χ1) is 39.2. The van der Waals surface area contributed by atoms with Crippen LogP contribution in [0.15, 0.2) is 72.8 Å². The van der Waals surface area contributed by atoms with Crippen molar-refractivity contribution in [2.75, 3.05) is 19.8 Å². The molecule has 0 heterocycles. The molecule has 3 aromatic rings. The zero-order valence-corrected chi connectivity index (χ0v) is 50.4. The molecule has 3 aromatic carbocycles. The van der Waals surface area contributed by atoms with Gasteiger partial charge in [-0.25, -0.2) is 0 Å².